The van der Waals surface area contributed by atoms with Crippen molar-refractivity contribution in [3.8, 4) is 28.0 Å². The molecule has 0 bridgehead atoms. The Morgan fingerprint density at radius 2 is 1.62 bits per heavy atom. The van der Waals surface area contributed by atoms with E-state index in [0.717, 1.165) is 40.7 Å². The molecule has 1 aromatic heterocycles. The van der Waals surface area contributed by atoms with Gasteiger partial charge in [0.2, 0.25) is 0 Å². The van der Waals surface area contributed by atoms with Crippen LogP contribution in [0.15, 0.2) is 89.9 Å². The first-order valence-electron chi connectivity index (χ1n) is 12.7. The molecule has 4 aromatic rings. The lowest BCUT2D eigenvalue weighted by Gasteiger charge is -2.14. The number of carboxylic acid groups (broad SMARTS) is 1. The van der Waals surface area contributed by atoms with E-state index in [1.165, 1.54) is 11.1 Å². The lowest BCUT2D eigenvalue weighted by molar-refractivity contribution is -0.145. The molecular weight excluding hydrogens is 462 g/mol. The second-order valence-corrected chi connectivity index (χ2v) is 9.40. The van der Waals surface area contributed by atoms with Crippen molar-refractivity contribution >= 4 is 5.97 Å². The first-order valence-corrected chi connectivity index (χ1v) is 12.7. The number of aromatic nitrogens is 1. The van der Waals surface area contributed by atoms with Crippen LogP contribution in [0.1, 0.15) is 36.5 Å². The molecule has 1 heterocycles. The highest BCUT2D eigenvalue weighted by molar-refractivity contribution is 5.83. The second kappa shape index (κ2) is 11.7. The van der Waals surface area contributed by atoms with E-state index in [1.54, 1.807) is 23.6 Å². The molecule has 0 saturated heterocycles. The van der Waals surface area contributed by atoms with Crippen molar-refractivity contribution in [1.82, 2.24) is 4.57 Å². The molecule has 190 valence electrons. The maximum atomic E-state index is 12.6. The van der Waals surface area contributed by atoms with Gasteiger partial charge in [-0.2, -0.15) is 0 Å². The van der Waals surface area contributed by atoms with Gasteiger partial charge >= 0.3 is 5.97 Å². The van der Waals surface area contributed by atoms with Crippen LogP contribution < -0.4 is 10.3 Å². The van der Waals surface area contributed by atoms with Crippen LogP contribution in [-0.2, 0) is 17.8 Å². The SMILES string of the molecule is CCC(Oc1cccc(CCCn2cc(-c3ccccc3-c3ccc(C)c(C)c3)ccc2=O)c1)C(=O)O. The fourth-order valence-corrected chi connectivity index (χ4v) is 4.46. The van der Waals surface area contributed by atoms with E-state index in [1.807, 2.05) is 42.6 Å². The predicted octanol–water partition coefficient (Wildman–Crippen LogP) is 6.67. The van der Waals surface area contributed by atoms with E-state index in [0.29, 0.717) is 18.7 Å². The molecule has 0 radical (unpaired) electrons. The largest absolute Gasteiger partial charge is 0.479 e. The highest BCUT2D eigenvalue weighted by atomic mass is 16.5. The number of nitrogens with zero attached hydrogens (tertiary/aromatic N) is 1. The van der Waals surface area contributed by atoms with Crippen molar-refractivity contribution in [3.63, 3.8) is 0 Å². The van der Waals surface area contributed by atoms with Crippen LogP contribution in [0.4, 0.5) is 0 Å². The summed E-state index contributed by atoms with van der Waals surface area (Å²) in [5.41, 5.74) is 7.92. The lowest BCUT2D eigenvalue weighted by atomic mass is 9.93. The molecule has 3 aromatic carbocycles. The molecule has 1 unspecified atom stereocenters. The summed E-state index contributed by atoms with van der Waals surface area (Å²) >= 11 is 0. The van der Waals surface area contributed by atoms with Crippen LogP contribution >= 0.6 is 0 Å². The van der Waals surface area contributed by atoms with Crippen LogP contribution in [0.25, 0.3) is 22.3 Å². The van der Waals surface area contributed by atoms with Gasteiger partial charge in [-0.25, -0.2) is 4.79 Å². The number of hydrogen-bond donors (Lipinski definition) is 1. The molecule has 5 heteroatoms. The minimum absolute atomic E-state index is 0.0308. The zero-order chi connectivity index (χ0) is 26.4. The number of aryl methyl sites for hydroxylation is 4. The average Bonchev–Trinajstić information content (AvgIpc) is 2.90. The Kier molecular flexibility index (Phi) is 8.24. The molecule has 37 heavy (non-hydrogen) atoms. The minimum atomic E-state index is -0.966. The summed E-state index contributed by atoms with van der Waals surface area (Å²) in [4.78, 5) is 23.9. The Hall–Kier alpha value is -4.12. The zero-order valence-corrected chi connectivity index (χ0v) is 21.6. The van der Waals surface area contributed by atoms with Gasteiger partial charge in [0.25, 0.3) is 5.56 Å². The summed E-state index contributed by atoms with van der Waals surface area (Å²) in [7, 11) is 0. The number of aliphatic carboxylic acids is 1. The Balaban J connectivity index is 1.50. The maximum Gasteiger partial charge on any atom is 0.344 e. The Morgan fingerprint density at radius 3 is 2.32 bits per heavy atom. The normalized spacial score (nSPS) is 11.8. The second-order valence-electron chi connectivity index (χ2n) is 9.40. The lowest BCUT2D eigenvalue weighted by Crippen LogP contribution is -2.25. The third-order valence-electron chi connectivity index (χ3n) is 6.73. The summed E-state index contributed by atoms with van der Waals surface area (Å²) in [5.74, 6) is -0.417. The van der Waals surface area contributed by atoms with E-state index in [4.69, 9.17) is 4.74 Å². The fraction of sp³-hybridized carbons (Fsp3) is 0.250. The van der Waals surface area contributed by atoms with Crippen LogP contribution in [0.2, 0.25) is 0 Å². The van der Waals surface area contributed by atoms with Gasteiger partial charge in [-0.05, 0) is 90.3 Å². The number of carbonyl (C=O) groups is 1. The Bertz CT molecular complexity index is 1450. The van der Waals surface area contributed by atoms with Crippen LogP contribution in [0.5, 0.6) is 5.75 Å². The van der Waals surface area contributed by atoms with Crippen molar-refractivity contribution in [2.24, 2.45) is 0 Å². The van der Waals surface area contributed by atoms with Crippen LogP contribution in [0.3, 0.4) is 0 Å². The van der Waals surface area contributed by atoms with Gasteiger partial charge in [0.15, 0.2) is 6.10 Å². The van der Waals surface area contributed by atoms with Gasteiger partial charge in [-0.3, -0.25) is 4.79 Å². The van der Waals surface area contributed by atoms with E-state index in [2.05, 4.69) is 44.2 Å². The van der Waals surface area contributed by atoms with Gasteiger partial charge < -0.3 is 14.4 Å². The first kappa shape index (κ1) is 26.0. The van der Waals surface area contributed by atoms with Crippen molar-refractivity contribution < 1.29 is 14.6 Å². The summed E-state index contributed by atoms with van der Waals surface area (Å²) in [6.45, 7) is 6.60. The number of hydrogen-bond acceptors (Lipinski definition) is 3. The molecular formula is C32H33NO4. The number of benzene rings is 3. The van der Waals surface area contributed by atoms with Crippen molar-refractivity contribution in [1.29, 1.82) is 0 Å². The molecule has 4 rings (SSSR count). The minimum Gasteiger partial charge on any atom is -0.479 e. The number of rotatable bonds is 10. The molecule has 1 atom stereocenters. The monoisotopic (exact) mass is 495 g/mol. The van der Waals surface area contributed by atoms with Crippen molar-refractivity contribution in [2.75, 3.05) is 0 Å². The molecule has 0 fully saturated rings. The first-order chi connectivity index (χ1) is 17.9. The van der Waals surface area contributed by atoms with Gasteiger partial charge in [-0.1, -0.05) is 61.5 Å². The topological polar surface area (TPSA) is 68.5 Å². The Morgan fingerprint density at radius 1 is 0.892 bits per heavy atom. The molecule has 1 N–H and O–H groups in total. The number of ether oxygens (including phenoxy) is 1. The molecule has 0 aliphatic heterocycles. The third-order valence-corrected chi connectivity index (χ3v) is 6.73. The van der Waals surface area contributed by atoms with E-state index >= 15 is 0 Å². The Labute approximate surface area is 218 Å². The maximum absolute atomic E-state index is 12.6. The van der Waals surface area contributed by atoms with E-state index in [9.17, 15) is 14.7 Å². The summed E-state index contributed by atoms with van der Waals surface area (Å²) < 4.78 is 7.39. The summed E-state index contributed by atoms with van der Waals surface area (Å²) in [5, 5.41) is 9.25. The van der Waals surface area contributed by atoms with Crippen molar-refractivity contribution in [2.45, 2.75) is 52.7 Å². The molecule has 0 amide bonds. The smallest absolute Gasteiger partial charge is 0.344 e. The van der Waals surface area contributed by atoms with Crippen LogP contribution in [-0.4, -0.2) is 21.7 Å². The molecule has 0 aliphatic rings. The van der Waals surface area contributed by atoms with Crippen LogP contribution in [0, 0.1) is 13.8 Å². The molecule has 0 saturated carbocycles. The molecule has 0 spiro atoms. The number of carboxylic acids is 1. The fourth-order valence-electron chi connectivity index (χ4n) is 4.46. The predicted molar refractivity (Wildman–Crippen MR) is 148 cm³/mol. The average molecular weight is 496 g/mol. The highest BCUT2D eigenvalue weighted by Gasteiger charge is 2.16. The standard InChI is InChI=1S/C32H33NO4/c1-4-30(32(35)36)37-27-11-7-9-24(20-27)10-8-18-33-21-26(16-17-31(33)34)29-13-6-5-12-28(29)25-15-14-22(2)23(3)19-25/h5-7,9,11-17,19-21,30H,4,8,10,18H2,1-3H3,(H,35,36). The van der Waals surface area contributed by atoms with Crippen molar-refractivity contribution in [3.05, 3.63) is 112 Å². The van der Waals surface area contributed by atoms with Gasteiger partial charge in [-0.15, -0.1) is 0 Å². The highest BCUT2D eigenvalue weighted by Crippen LogP contribution is 2.32. The quantitative estimate of drug-likeness (QED) is 0.267. The summed E-state index contributed by atoms with van der Waals surface area (Å²) in [6.07, 6.45) is 2.99. The summed E-state index contributed by atoms with van der Waals surface area (Å²) in [6, 6.07) is 25.8. The van der Waals surface area contributed by atoms with Gasteiger partial charge in [0.1, 0.15) is 5.75 Å². The zero-order valence-electron chi connectivity index (χ0n) is 21.6. The van der Waals surface area contributed by atoms with Gasteiger partial charge in [0, 0.05) is 18.8 Å². The number of pyridine rings is 1. The van der Waals surface area contributed by atoms with Gasteiger partial charge in [0.05, 0.1) is 0 Å². The van der Waals surface area contributed by atoms with E-state index in [-0.39, 0.29) is 5.56 Å². The third kappa shape index (κ3) is 6.36. The molecule has 0 aliphatic carbocycles. The molecule has 5 nitrogen and oxygen atoms in total. The van der Waals surface area contributed by atoms with E-state index < -0.39 is 12.1 Å².